The number of amides is 1. The predicted octanol–water partition coefficient (Wildman–Crippen LogP) is 2.66. The molecule has 1 aliphatic rings. The maximum absolute atomic E-state index is 11.5. The maximum atomic E-state index is 11.5. The fourth-order valence-corrected chi connectivity index (χ4v) is 2.96. The van der Waals surface area contributed by atoms with Crippen molar-refractivity contribution in [3.8, 4) is 0 Å². The molecule has 1 aliphatic carbocycles. The molecule has 0 bridgehead atoms. The molecule has 2 atom stereocenters. The van der Waals surface area contributed by atoms with Crippen LogP contribution in [-0.2, 0) is 4.79 Å². The zero-order valence-corrected chi connectivity index (χ0v) is 12.5. The molecule has 3 heteroatoms. The van der Waals surface area contributed by atoms with E-state index < -0.39 is 0 Å². The summed E-state index contributed by atoms with van der Waals surface area (Å²) in [5.74, 6) is 1.92. The predicted molar refractivity (Wildman–Crippen MR) is 76.5 cm³/mol. The summed E-state index contributed by atoms with van der Waals surface area (Å²) in [6, 6.07) is 0.637. The van der Waals surface area contributed by atoms with Crippen molar-refractivity contribution in [2.45, 2.75) is 58.4 Å². The van der Waals surface area contributed by atoms with E-state index in [4.69, 9.17) is 0 Å². The number of hydrogen-bond acceptors (Lipinski definition) is 2. The van der Waals surface area contributed by atoms with Crippen molar-refractivity contribution in [1.29, 1.82) is 0 Å². The first-order chi connectivity index (χ1) is 8.49. The molecule has 18 heavy (non-hydrogen) atoms. The fourth-order valence-electron chi connectivity index (χ4n) is 2.96. The third-order valence-electron chi connectivity index (χ3n) is 3.86. The average Bonchev–Trinajstić information content (AvgIpc) is 2.28. The zero-order valence-electron chi connectivity index (χ0n) is 12.5. The molecule has 0 aliphatic heterocycles. The van der Waals surface area contributed by atoms with Gasteiger partial charge in [0.1, 0.15) is 0 Å². The van der Waals surface area contributed by atoms with Gasteiger partial charge in [0.15, 0.2) is 0 Å². The lowest BCUT2D eigenvalue weighted by Gasteiger charge is -2.31. The molecular weight excluding hydrogens is 224 g/mol. The molecule has 0 aromatic carbocycles. The SMILES string of the molecule is CC(C)CC1CCCC(NCCC(=O)N(C)C)C1. The highest BCUT2D eigenvalue weighted by molar-refractivity contribution is 5.75. The molecule has 0 radical (unpaired) electrons. The minimum absolute atomic E-state index is 0.219. The van der Waals surface area contributed by atoms with E-state index in [9.17, 15) is 4.79 Å². The van der Waals surface area contributed by atoms with E-state index in [1.54, 1.807) is 4.90 Å². The Hall–Kier alpha value is -0.570. The van der Waals surface area contributed by atoms with Crippen molar-refractivity contribution >= 4 is 5.91 Å². The van der Waals surface area contributed by atoms with Crippen LogP contribution >= 0.6 is 0 Å². The zero-order chi connectivity index (χ0) is 13.5. The maximum Gasteiger partial charge on any atom is 0.223 e. The normalized spacial score (nSPS) is 24.3. The molecule has 106 valence electrons. The van der Waals surface area contributed by atoms with E-state index in [2.05, 4.69) is 19.2 Å². The van der Waals surface area contributed by atoms with Crippen molar-refractivity contribution in [2.75, 3.05) is 20.6 Å². The van der Waals surface area contributed by atoms with Crippen molar-refractivity contribution in [1.82, 2.24) is 10.2 Å². The van der Waals surface area contributed by atoms with E-state index in [-0.39, 0.29) is 5.91 Å². The van der Waals surface area contributed by atoms with Crippen LogP contribution in [0.3, 0.4) is 0 Å². The summed E-state index contributed by atoms with van der Waals surface area (Å²) in [5.41, 5.74) is 0. The largest absolute Gasteiger partial charge is 0.349 e. The van der Waals surface area contributed by atoms with Crippen molar-refractivity contribution < 1.29 is 4.79 Å². The van der Waals surface area contributed by atoms with Crippen LogP contribution in [0, 0.1) is 11.8 Å². The molecule has 0 spiro atoms. The highest BCUT2D eigenvalue weighted by Crippen LogP contribution is 2.29. The van der Waals surface area contributed by atoms with Gasteiger partial charge in [-0.3, -0.25) is 4.79 Å². The number of carbonyl (C=O) groups excluding carboxylic acids is 1. The molecule has 1 N–H and O–H groups in total. The highest BCUT2D eigenvalue weighted by Gasteiger charge is 2.22. The van der Waals surface area contributed by atoms with Crippen LogP contribution in [0.1, 0.15) is 52.4 Å². The first-order valence-corrected chi connectivity index (χ1v) is 7.42. The van der Waals surface area contributed by atoms with Crippen molar-refractivity contribution in [3.63, 3.8) is 0 Å². The lowest BCUT2D eigenvalue weighted by molar-refractivity contribution is -0.128. The Morgan fingerprint density at radius 3 is 2.67 bits per heavy atom. The van der Waals surface area contributed by atoms with E-state index in [0.29, 0.717) is 12.5 Å². The molecule has 2 unspecified atom stereocenters. The van der Waals surface area contributed by atoms with Crippen LogP contribution in [0.5, 0.6) is 0 Å². The Morgan fingerprint density at radius 2 is 2.06 bits per heavy atom. The monoisotopic (exact) mass is 254 g/mol. The van der Waals surface area contributed by atoms with Gasteiger partial charge >= 0.3 is 0 Å². The Balaban J connectivity index is 2.20. The van der Waals surface area contributed by atoms with E-state index in [1.165, 1.54) is 32.1 Å². The van der Waals surface area contributed by atoms with Crippen LogP contribution in [0.4, 0.5) is 0 Å². The van der Waals surface area contributed by atoms with Crippen LogP contribution in [0.2, 0.25) is 0 Å². The fraction of sp³-hybridized carbons (Fsp3) is 0.933. The Kier molecular flexibility index (Phi) is 6.69. The van der Waals surface area contributed by atoms with E-state index >= 15 is 0 Å². The lowest BCUT2D eigenvalue weighted by Crippen LogP contribution is -2.36. The Bertz CT molecular complexity index is 251. The van der Waals surface area contributed by atoms with Gasteiger partial charge in [-0.25, -0.2) is 0 Å². The summed E-state index contributed by atoms with van der Waals surface area (Å²) in [7, 11) is 3.64. The molecule has 3 nitrogen and oxygen atoms in total. The summed E-state index contributed by atoms with van der Waals surface area (Å²) in [6.45, 7) is 5.45. The number of hydrogen-bond donors (Lipinski definition) is 1. The van der Waals surface area contributed by atoms with Gasteiger partial charge in [-0.15, -0.1) is 0 Å². The third-order valence-corrected chi connectivity index (χ3v) is 3.86. The second kappa shape index (κ2) is 7.78. The summed E-state index contributed by atoms with van der Waals surface area (Å²) in [5, 5.41) is 3.56. The standard InChI is InChI=1S/C15H30N2O/c1-12(2)10-13-6-5-7-14(11-13)16-9-8-15(18)17(3)4/h12-14,16H,5-11H2,1-4H3. The van der Waals surface area contributed by atoms with Gasteiger partial charge < -0.3 is 10.2 Å². The second-order valence-electron chi connectivity index (χ2n) is 6.35. The van der Waals surface area contributed by atoms with Gasteiger partial charge in [-0.2, -0.15) is 0 Å². The van der Waals surface area contributed by atoms with Gasteiger partial charge in [0, 0.05) is 33.1 Å². The quantitative estimate of drug-likeness (QED) is 0.790. The third kappa shape index (κ3) is 5.85. The van der Waals surface area contributed by atoms with Crippen molar-refractivity contribution in [3.05, 3.63) is 0 Å². The Labute approximate surface area is 112 Å². The summed E-state index contributed by atoms with van der Waals surface area (Å²) in [6.07, 6.45) is 7.30. The number of nitrogens with one attached hydrogen (secondary N) is 1. The molecule has 0 saturated heterocycles. The van der Waals surface area contributed by atoms with Gasteiger partial charge in [0.2, 0.25) is 5.91 Å². The van der Waals surface area contributed by atoms with E-state index in [1.807, 2.05) is 14.1 Å². The van der Waals surface area contributed by atoms with Crippen molar-refractivity contribution in [2.24, 2.45) is 11.8 Å². The van der Waals surface area contributed by atoms with Crippen LogP contribution in [-0.4, -0.2) is 37.5 Å². The first kappa shape index (κ1) is 15.5. The minimum Gasteiger partial charge on any atom is -0.349 e. The molecule has 0 aromatic rings. The lowest BCUT2D eigenvalue weighted by atomic mass is 9.81. The van der Waals surface area contributed by atoms with Crippen LogP contribution in [0.25, 0.3) is 0 Å². The van der Waals surface area contributed by atoms with Gasteiger partial charge in [0.25, 0.3) is 0 Å². The molecule has 1 amide bonds. The molecule has 1 rings (SSSR count). The number of rotatable bonds is 6. The van der Waals surface area contributed by atoms with Crippen LogP contribution < -0.4 is 5.32 Å². The first-order valence-electron chi connectivity index (χ1n) is 7.42. The molecule has 1 saturated carbocycles. The number of carbonyl (C=O) groups is 1. The minimum atomic E-state index is 0.219. The topological polar surface area (TPSA) is 32.3 Å². The summed E-state index contributed by atoms with van der Waals surface area (Å²) >= 11 is 0. The van der Waals surface area contributed by atoms with Gasteiger partial charge in [-0.1, -0.05) is 26.7 Å². The molecular formula is C15H30N2O. The molecule has 0 aromatic heterocycles. The van der Waals surface area contributed by atoms with Gasteiger partial charge in [-0.05, 0) is 31.1 Å². The second-order valence-corrected chi connectivity index (χ2v) is 6.35. The number of nitrogens with zero attached hydrogens (tertiary/aromatic N) is 1. The Morgan fingerprint density at radius 1 is 1.33 bits per heavy atom. The molecule has 0 heterocycles. The van der Waals surface area contributed by atoms with Crippen LogP contribution in [0.15, 0.2) is 0 Å². The van der Waals surface area contributed by atoms with Gasteiger partial charge in [0.05, 0.1) is 0 Å². The molecule has 1 fully saturated rings. The highest BCUT2D eigenvalue weighted by atomic mass is 16.2. The summed E-state index contributed by atoms with van der Waals surface area (Å²) < 4.78 is 0. The van der Waals surface area contributed by atoms with E-state index in [0.717, 1.165) is 18.4 Å². The smallest absolute Gasteiger partial charge is 0.223 e. The average molecular weight is 254 g/mol. The summed E-state index contributed by atoms with van der Waals surface area (Å²) in [4.78, 5) is 13.2.